The third kappa shape index (κ3) is 4.51. The fourth-order valence-electron chi connectivity index (χ4n) is 2.24. The molecular formula is C18H13BrF2N2O2. The molecule has 128 valence electrons. The predicted molar refractivity (Wildman–Crippen MR) is 92.0 cm³/mol. The summed E-state index contributed by atoms with van der Waals surface area (Å²) in [5.74, 6) is -0.806. The van der Waals surface area contributed by atoms with E-state index < -0.39 is 5.82 Å². The highest BCUT2D eigenvalue weighted by Crippen LogP contribution is 2.19. The van der Waals surface area contributed by atoms with Crippen LogP contribution in [-0.4, -0.2) is 17.4 Å². The highest BCUT2D eigenvalue weighted by Gasteiger charge is 2.10. The fraction of sp³-hybridized carbons (Fsp3) is 0.111. The van der Waals surface area contributed by atoms with Crippen LogP contribution < -0.4 is 5.32 Å². The second kappa shape index (κ2) is 7.57. The number of nitrogens with zero attached hydrogens (tertiary/aromatic N) is 1. The molecule has 0 aliphatic carbocycles. The molecule has 1 heterocycles. The Hall–Kier alpha value is -2.54. The molecule has 1 aromatic heterocycles. The summed E-state index contributed by atoms with van der Waals surface area (Å²) in [6, 6.07) is 9.81. The van der Waals surface area contributed by atoms with Gasteiger partial charge in [-0.05, 0) is 42.5 Å². The standard InChI is InChI=1S/C18H13BrF2N2O2/c19-13-7-12(8-15(21)9-13)17(24)22-6-5-16-10-25-18(23-16)11-1-3-14(20)4-2-11/h1-4,7-10H,5-6H2,(H,22,24). The Morgan fingerprint density at radius 2 is 1.88 bits per heavy atom. The first-order valence-electron chi connectivity index (χ1n) is 7.46. The first-order valence-corrected chi connectivity index (χ1v) is 8.25. The van der Waals surface area contributed by atoms with E-state index in [0.717, 1.165) is 0 Å². The van der Waals surface area contributed by atoms with Crippen molar-refractivity contribution < 1.29 is 18.0 Å². The van der Waals surface area contributed by atoms with E-state index in [1.54, 1.807) is 18.2 Å². The van der Waals surface area contributed by atoms with Crippen LogP contribution >= 0.6 is 15.9 Å². The largest absolute Gasteiger partial charge is 0.444 e. The molecule has 0 aliphatic rings. The molecule has 2 aromatic carbocycles. The van der Waals surface area contributed by atoms with Gasteiger partial charge in [-0.2, -0.15) is 0 Å². The van der Waals surface area contributed by atoms with Gasteiger partial charge in [-0.15, -0.1) is 0 Å². The van der Waals surface area contributed by atoms with Crippen LogP contribution in [0.25, 0.3) is 11.5 Å². The van der Waals surface area contributed by atoms with Crippen LogP contribution in [0.3, 0.4) is 0 Å². The summed E-state index contributed by atoms with van der Waals surface area (Å²) in [6.45, 7) is 0.322. The van der Waals surface area contributed by atoms with Gasteiger partial charge in [0.25, 0.3) is 5.91 Å². The summed E-state index contributed by atoms with van der Waals surface area (Å²) in [5.41, 5.74) is 1.56. The molecule has 3 rings (SSSR count). The van der Waals surface area contributed by atoms with E-state index in [1.807, 2.05) is 0 Å². The van der Waals surface area contributed by atoms with E-state index >= 15 is 0 Å². The SMILES string of the molecule is O=C(NCCc1coc(-c2ccc(F)cc2)n1)c1cc(F)cc(Br)c1. The number of carbonyl (C=O) groups is 1. The first-order chi connectivity index (χ1) is 12.0. The van der Waals surface area contributed by atoms with Crippen molar-refractivity contribution in [2.24, 2.45) is 0 Å². The second-order valence-corrected chi connectivity index (χ2v) is 6.23. The van der Waals surface area contributed by atoms with E-state index in [0.29, 0.717) is 34.6 Å². The number of amides is 1. The number of aromatic nitrogens is 1. The summed E-state index contributed by atoms with van der Waals surface area (Å²) >= 11 is 3.15. The van der Waals surface area contributed by atoms with Crippen molar-refractivity contribution in [2.75, 3.05) is 6.54 Å². The highest BCUT2D eigenvalue weighted by atomic mass is 79.9. The molecule has 0 saturated heterocycles. The van der Waals surface area contributed by atoms with Gasteiger partial charge < -0.3 is 9.73 Å². The number of benzene rings is 2. The van der Waals surface area contributed by atoms with E-state index in [9.17, 15) is 13.6 Å². The van der Waals surface area contributed by atoms with E-state index in [2.05, 4.69) is 26.2 Å². The molecule has 25 heavy (non-hydrogen) atoms. The van der Waals surface area contributed by atoms with Gasteiger partial charge in [0.05, 0.1) is 5.69 Å². The molecule has 0 fully saturated rings. The zero-order chi connectivity index (χ0) is 17.8. The highest BCUT2D eigenvalue weighted by molar-refractivity contribution is 9.10. The molecule has 4 nitrogen and oxygen atoms in total. The first kappa shape index (κ1) is 17.3. The minimum Gasteiger partial charge on any atom is -0.444 e. The molecule has 3 aromatic rings. The average molecular weight is 407 g/mol. The van der Waals surface area contributed by atoms with Crippen LogP contribution in [0.15, 0.2) is 57.6 Å². The maximum atomic E-state index is 13.3. The molecule has 0 atom stereocenters. The monoisotopic (exact) mass is 406 g/mol. The Labute approximate surface area is 151 Å². The third-order valence-electron chi connectivity index (χ3n) is 3.43. The van der Waals surface area contributed by atoms with Gasteiger partial charge in [0.1, 0.15) is 17.9 Å². The topological polar surface area (TPSA) is 55.1 Å². The summed E-state index contributed by atoms with van der Waals surface area (Å²) in [7, 11) is 0. The molecule has 0 saturated carbocycles. The number of carbonyl (C=O) groups excluding carboxylic acids is 1. The van der Waals surface area contributed by atoms with E-state index in [4.69, 9.17) is 4.42 Å². The van der Waals surface area contributed by atoms with Crippen molar-refractivity contribution in [3.05, 3.63) is 76.1 Å². The summed E-state index contributed by atoms with van der Waals surface area (Å²) in [6.07, 6.45) is 1.94. The normalized spacial score (nSPS) is 10.7. The Morgan fingerprint density at radius 1 is 1.12 bits per heavy atom. The van der Waals surface area contributed by atoms with Gasteiger partial charge in [0, 0.05) is 28.6 Å². The van der Waals surface area contributed by atoms with Gasteiger partial charge in [0.2, 0.25) is 5.89 Å². The van der Waals surface area contributed by atoms with Gasteiger partial charge in [-0.1, -0.05) is 15.9 Å². The number of nitrogens with one attached hydrogen (secondary N) is 1. The van der Waals surface area contributed by atoms with Gasteiger partial charge in [0.15, 0.2) is 0 Å². The fourth-order valence-corrected chi connectivity index (χ4v) is 2.70. The quantitative estimate of drug-likeness (QED) is 0.684. The lowest BCUT2D eigenvalue weighted by Crippen LogP contribution is -2.25. The smallest absolute Gasteiger partial charge is 0.251 e. The number of oxazole rings is 1. The summed E-state index contributed by atoms with van der Waals surface area (Å²) in [5, 5.41) is 2.70. The lowest BCUT2D eigenvalue weighted by atomic mass is 10.2. The lowest BCUT2D eigenvalue weighted by molar-refractivity contribution is 0.0953. The van der Waals surface area contributed by atoms with Crippen molar-refractivity contribution >= 4 is 21.8 Å². The molecule has 7 heteroatoms. The summed E-state index contributed by atoms with van der Waals surface area (Å²) in [4.78, 5) is 16.3. The van der Waals surface area contributed by atoms with Crippen LogP contribution in [0.5, 0.6) is 0 Å². The van der Waals surface area contributed by atoms with E-state index in [1.165, 1.54) is 30.5 Å². The minimum atomic E-state index is -0.486. The van der Waals surface area contributed by atoms with Crippen LogP contribution in [0, 0.1) is 11.6 Å². The Bertz CT molecular complexity index is 874. The molecule has 0 bridgehead atoms. The molecular weight excluding hydrogens is 394 g/mol. The van der Waals surface area contributed by atoms with Crippen molar-refractivity contribution in [1.82, 2.24) is 10.3 Å². The average Bonchev–Trinajstić information content (AvgIpc) is 3.03. The zero-order valence-electron chi connectivity index (χ0n) is 12.9. The molecule has 1 amide bonds. The summed E-state index contributed by atoms with van der Waals surface area (Å²) < 4.78 is 32.1. The molecule has 0 aliphatic heterocycles. The Balaban J connectivity index is 1.57. The van der Waals surface area contributed by atoms with Crippen LogP contribution in [0.2, 0.25) is 0 Å². The second-order valence-electron chi connectivity index (χ2n) is 5.31. The van der Waals surface area contributed by atoms with Gasteiger partial charge in [-0.3, -0.25) is 4.79 Å². The molecule has 0 spiro atoms. The molecule has 0 radical (unpaired) electrons. The van der Waals surface area contributed by atoms with Gasteiger partial charge in [-0.25, -0.2) is 13.8 Å². The van der Waals surface area contributed by atoms with E-state index in [-0.39, 0.29) is 17.3 Å². The van der Waals surface area contributed by atoms with Crippen molar-refractivity contribution in [3.63, 3.8) is 0 Å². The zero-order valence-corrected chi connectivity index (χ0v) is 14.5. The van der Waals surface area contributed by atoms with Crippen LogP contribution in [-0.2, 0) is 6.42 Å². The molecule has 1 N–H and O–H groups in total. The van der Waals surface area contributed by atoms with Crippen molar-refractivity contribution in [2.45, 2.75) is 6.42 Å². The van der Waals surface area contributed by atoms with Crippen LogP contribution in [0.4, 0.5) is 8.78 Å². The van der Waals surface area contributed by atoms with Crippen LogP contribution in [0.1, 0.15) is 16.1 Å². The number of rotatable bonds is 5. The lowest BCUT2D eigenvalue weighted by Gasteiger charge is -2.04. The van der Waals surface area contributed by atoms with Crippen molar-refractivity contribution in [3.8, 4) is 11.5 Å². The van der Waals surface area contributed by atoms with Gasteiger partial charge >= 0.3 is 0 Å². The molecule has 0 unspecified atom stereocenters. The predicted octanol–water partition coefficient (Wildman–Crippen LogP) is 4.35. The van der Waals surface area contributed by atoms with Crippen molar-refractivity contribution in [1.29, 1.82) is 0 Å². The Morgan fingerprint density at radius 3 is 2.60 bits per heavy atom. The minimum absolute atomic E-state index is 0.235. The third-order valence-corrected chi connectivity index (χ3v) is 3.89. The maximum absolute atomic E-state index is 13.3. The maximum Gasteiger partial charge on any atom is 0.251 e. The number of halogens is 3. The Kier molecular flexibility index (Phi) is 5.23. The number of hydrogen-bond acceptors (Lipinski definition) is 3. The number of hydrogen-bond donors (Lipinski definition) is 1.